The minimum atomic E-state index is -0.340. The molecular formula is C11H17FNO2+. The molecule has 0 unspecified atom stereocenters. The minimum absolute atomic E-state index is 0.281. The molecule has 3 nitrogen and oxygen atoms in total. The molecular weight excluding hydrogens is 197 g/mol. The van der Waals surface area contributed by atoms with Crippen LogP contribution in [0.3, 0.4) is 0 Å². The summed E-state index contributed by atoms with van der Waals surface area (Å²) >= 11 is 0. The van der Waals surface area contributed by atoms with Crippen molar-refractivity contribution in [1.29, 1.82) is 0 Å². The fraction of sp³-hybridized carbons (Fsp3) is 0.455. The lowest BCUT2D eigenvalue weighted by atomic mass is 10.3. The normalized spacial score (nSPS) is 12.5. The van der Waals surface area contributed by atoms with E-state index in [0.29, 0.717) is 19.7 Å². The molecule has 1 atom stereocenters. The van der Waals surface area contributed by atoms with Crippen LogP contribution in [0.1, 0.15) is 6.92 Å². The first kappa shape index (κ1) is 11.9. The molecule has 1 aromatic rings. The highest BCUT2D eigenvalue weighted by Gasteiger charge is 2.02. The molecule has 0 fully saturated rings. The van der Waals surface area contributed by atoms with E-state index >= 15 is 0 Å². The smallest absolute Gasteiger partial charge is 0.165 e. The standard InChI is InChI=1S/C11H16FNO2/c1-9(14)8-13-6-7-15-11-5-3-2-4-10(11)12/h2-5,9,13-14H,6-8H2,1H3/p+1/t9-/m1/s1. The molecule has 3 N–H and O–H groups in total. The molecule has 0 amide bonds. The molecule has 0 aliphatic rings. The highest BCUT2D eigenvalue weighted by Crippen LogP contribution is 2.14. The zero-order valence-electron chi connectivity index (χ0n) is 8.82. The number of aliphatic hydroxyl groups is 1. The highest BCUT2D eigenvalue weighted by atomic mass is 19.1. The van der Waals surface area contributed by atoms with Crippen LogP contribution in [0.25, 0.3) is 0 Å². The average Bonchev–Trinajstić information content (AvgIpc) is 2.20. The number of rotatable bonds is 6. The van der Waals surface area contributed by atoms with Crippen molar-refractivity contribution in [2.24, 2.45) is 0 Å². The van der Waals surface area contributed by atoms with Gasteiger partial charge in [-0.25, -0.2) is 4.39 Å². The summed E-state index contributed by atoms with van der Waals surface area (Å²) in [7, 11) is 0. The van der Waals surface area contributed by atoms with Gasteiger partial charge in [-0.2, -0.15) is 0 Å². The Labute approximate surface area is 88.9 Å². The van der Waals surface area contributed by atoms with E-state index in [1.165, 1.54) is 6.07 Å². The van der Waals surface area contributed by atoms with Crippen molar-refractivity contribution in [3.8, 4) is 5.75 Å². The maximum absolute atomic E-state index is 13.1. The number of ether oxygens (including phenoxy) is 1. The fourth-order valence-corrected chi connectivity index (χ4v) is 1.17. The van der Waals surface area contributed by atoms with Crippen LogP contribution in [-0.4, -0.2) is 30.9 Å². The van der Waals surface area contributed by atoms with Gasteiger partial charge in [0.2, 0.25) is 0 Å². The predicted molar refractivity (Wildman–Crippen MR) is 55.2 cm³/mol. The molecule has 84 valence electrons. The lowest BCUT2D eigenvalue weighted by Crippen LogP contribution is -2.87. The molecule has 1 rings (SSSR count). The molecule has 0 spiro atoms. The van der Waals surface area contributed by atoms with E-state index in [-0.39, 0.29) is 17.7 Å². The number of hydrogen-bond donors (Lipinski definition) is 2. The van der Waals surface area contributed by atoms with Gasteiger partial charge in [0.25, 0.3) is 0 Å². The Balaban J connectivity index is 2.18. The number of halogens is 1. The number of benzene rings is 1. The Morgan fingerprint density at radius 3 is 2.87 bits per heavy atom. The SMILES string of the molecule is C[C@@H](O)C[NH2+]CCOc1ccccc1F. The van der Waals surface area contributed by atoms with E-state index in [2.05, 4.69) is 0 Å². The summed E-state index contributed by atoms with van der Waals surface area (Å²) < 4.78 is 18.3. The van der Waals surface area contributed by atoms with Crippen molar-refractivity contribution in [3.05, 3.63) is 30.1 Å². The Morgan fingerprint density at radius 2 is 2.20 bits per heavy atom. The van der Waals surface area contributed by atoms with E-state index < -0.39 is 0 Å². The van der Waals surface area contributed by atoms with E-state index in [9.17, 15) is 4.39 Å². The second-order valence-corrected chi connectivity index (χ2v) is 3.44. The molecule has 0 aliphatic heterocycles. The highest BCUT2D eigenvalue weighted by molar-refractivity contribution is 5.23. The van der Waals surface area contributed by atoms with E-state index in [4.69, 9.17) is 9.84 Å². The van der Waals surface area contributed by atoms with Crippen molar-refractivity contribution in [1.82, 2.24) is 0 Å². The van der Waals surface area contributed by atoms with Crippen molar-refractivity contribution in [2.75, 3.05) is 19.7 Å². The maximum Gasteiger partial charge on any atom is 0.165 e. The zero-order valence-corrected chi connectivity index (χ0v) is 8.82. The lowest BCUT2D eigenvalue weighted by Gasteiger charge is -2.07. The molecule has 1 aromatic carbocycles. The van der Waals surface area contributed by atoms with Crippen LogP contribution in [0.5, 0.6) is 5.75 Å². The Bertz CT molecular complexity index is 292. The molecule has 0 aromatic heterocycles. The number of hydrogen-bond acceptors (Lipinski definition) is 2. The van der Waals surface area contributed by atoms with Crippen LogP contribution in [0, 0.1) is 5.82 Å². The summed E-state index contributed by atoms with van der Waals surface area (Å²) in [6.07, 6.45) is -0.321. The van der Waals surface area contributed by atoms with E-state index in [1.807, 2.05) is 5.32 Å². The first-order valence-electron chi connectivity index (χ1n) is 5.07. The summed E-state index contributed by atoms with van der Waals surface area (Å²) in [5.74, 6) is -0.0593. The number of para-hydroxylation sites is 1. The molecule has 0 aliphatic carbocycles. The van der Waals surface area contributed by atoms with Gasteiger partial charge in [-0.15, -0.1) is 0 Å². The molecule has 0 saturated carbocycles. The van der Waals surface area contributed by atoms with Crippen LogP contribution in [0.2, 0.25) is 0 Å². The Hall–Kier alpha value is -1.13. The van der Waals surface area contributed by atoms with E-state index in [1.54, 1.807) is 25.1 Å². The summed E-state index contributed by atoms with van der Waals surface area (Å²) in [4.78, 5) is 0. The monoisotopic (exact) mass is 214 g/mol. The van der Waals surface area contributed by atoms with Crippen LogP contribution < -0.4 is 10.1 Å². The molecule has 4 heteroatoms. The number of aliphatic hydroxyl groups excluding tert-OH is 1. The topological polar surface area (TPSA) is 46.1 Å². The maximum atomic E-state index is 13.1. The van der Waals surface area contributed by atoms with Crippen molar-refractivity contribution < 1.29 is 19.6 Å². The second kappa shape index (κ2) is 6.37. The van der Waals surface area contributed by atoms with Gasteiger partial charge in [0.05, 0.1) is 6.10 Å². The number of quaternary nitrogens is 1. The Kier molecular flexibility index (Phi) is 5.07. The Morgan fingerprint density at radius 1 is 1.47 bits per heavy atom. The largest absolute Gasteiger partial charge is 0.485 e. The van der Waals surface area contributed by atoms with Crippen molar-refractivity contribution in [2.45, 2.75) is 13.0 Å². The second-order valence-electron chi connectivity index (χ2n) is 3.44. The van der Waals surface area contributed by atoms with Crippen LogP contribution in [0.4, 0.5) is 4.39 Å². The van der Waals surface area contributed by atoms with Crippen LogP contribution in [-0.2, 0) is 0 Å². The van der Waals surface area contributed by atoms with Gasteiger partial charge in [0.1, 0.15) is 19.7 Å². The molecule has 0 bridgehead atoms. The third-order valence-corrected chi connectivity index (χ3v) is 1.92. The molecule has 0 heterocycles. The first-order chi connectivity index (χ1) is 7.20. The zero-order chi connectivity index (χ0) is 11.1. The number of nitrogens with two attached hydrogens (primary N) is 1. The molecule has 0 saturated heterocycles. The average molecular weight is 214 g/mol. The van der Waals surface area contributed by atoms with Gasteiger partial charge >= 0.3 is 0 Å². The summed E-state index contributed by atoms with van der Waals surface area (Å²) in [6, 6.07) is 6.33. The minimum Gasteiger partial charge on any atom is -0.485 e. The lowest BCUT2D eigenvalue weighted by molar-refractivity contribution is -0.661. The first-order valence-corrected chi connectivity index (χ1v) is 5.07. The van der Waals surface area contributed by atoms with Crippen LogP contribution in [0.15, 0.2) is 24.3 Å². The third-order valence-electron chi connectivity index (χ3n) is 1.92. The predicted octanol–water partition coefficient (Wildman–Crippen LogP) is 0.149. The van der Waals surface area contributed by atoms with Crippen LogP contribution >= 0.6 is 0 Å². The quantitative estimate of drug-likeness (QED) is 0.662. The summed E-state index contributed by atoms with van der Waals surface area (Å²) in [6.45, 7) is 3.52. The van der Waals surface area contributed by atoms with Gasteiger partial charge in [0, 0.05) is 0 Å². The van der Waals surface area contributed by atoms with Crippen molar-refractivity contribution >= 4 is 0 Å². The molecule has 0 radical (unpaired) electrons. The summed E-state index contributed by atoms with van der Waals surface area (Å²) in [5.41, 5.74) is 0. The van der Waals surface area contributed by atoms with Gasteiger partial charge in [0.15, 0.2) is 11.6 Å². The third kappa shape index (κ3) is 4.76. The molecule has 15 heavy (non-hydrogen) atoms. The van der Waals surface area contributed by atoms with E-state index in [0.717, 1.165) is 0 Å². The van der Waals surface area contributed by atoms with Crippen molar-refractivity contribution in [3.63, 3.8) is 0 Å². The van der Waals surface area contributed by atoms with Gasteiger partial charge < -0.3 is 15.2 Å². The fourth-order valence-electron chi connectivity index (χ4n) is 1.17. The van der Waals surface area contributed by atoms with Gasteiger partial charge in [-0.3, -0.25) is 0 Å². The van der Waals surface area contributed by atoms with Gasteiger partial charge in [-0.05, 0) is 19.1 Å². The summed E-state index contributed by atoms with van der Waals surface area (Å²) in [5, 5.41) is 10.9. The van der Waals surface area contributed by atoms with Gasteiger partial charge in [-0.1, -0.05) is 12.1 Å².